The lowest BCUT2D eigenvalue weighted by molar-refractivity contribution is -0.167. The largest absolute Gasteiger partial charge is 0.462 e. The zero-order valence-corrected chi connectivity index (χ0v) is 52.4. The Hall–Kier alpha value is -5.49. The fourth-order valence-electron chi connectivity index (χ4n) is 8.29. The molecule has 0 spiro atoms. The lowest BCUT2D eigenvalue weighted by atomic mass is 10.1. The van der Waals surface area contributed by atoms with E-state index in [0.29, 0.717) is 25.7 Å². The Morgan fingerprint density at radius 1 is 0.256 bits per heavy atom. The van der Waals surface area contributed by atoms with Crippen molar-refractivity contribution in [2.75, 3.05) is 13.2 Å². The molecule has 1 atom stereocenters. The average Bonchev–Trinajstić information content (AvgIpc) is 3.48. The SMILES string of the molecule is CC/C=C\C/C=C\C/C=C\C/C=C\C/C=C\C/C=C\C/C=C\C/C=C\C/C=C\C/C=C\CCCCC(=O)OCC(COC(=O)CCCCCCC/C=C\CCC)OC(=O)CCCCCCCCCC/C=C\C/C=C\C/C=C\C/C=C\CC. The van der Waals surface area contributed by atoms with Gasteiger partial charge in [0.25, 0.3) is 0 Å². The van der Waals surface area contributed by atoms with E-state index in [2.05, 4.69) is 203 Å². The van der Waals surface area contributed by atoms with Crippen molar-refractivity contribution in [1.29, 1.82) is 0 Å². The first-order valence-electron chi connectivity index (χ1n) is 32.8. The highest BCUT2D eigenvalue weighted by molar-refractivity contribution is 5.71. The summed E-state index contributed by atoms with van der Waals surface area (Å²) in [6.07, 6.45) is 102. The number of carbonyl (C=O) groups is 3. The summed E-state index contributed by atoms with van der Waals surface area (Å²) in [6, 6.07) is 0. The van der Waals surface area contributed by atoms with E-state index in [-0.39, 0.29) is 31.1 Å². The van der Waals surface area contributed by atoms with Crippen LogP contribution in [0.3, 0.4) is 0 Å². The zero-order chi connectivity index (χ0) is 59.2. The lowest BCUT2D eigenvalue weighted by Gasteiger charge is -2.18. The number of allylic oxidation sites excluding steroid dienone is 30. The molecule has 0 saturated carbocycles. The highest BCUT2D eigenvalue weighted by Gasteiger charge is 2.19. The molecular weight excluding hydrogens is 1010 g/mol. The third kappa shape index (κ3) is 65.3. The van der Waals surface area contributed by atoms with E-state index < -0.39 is 6.10 Å². The second kappa shape index (κ2) is 68.0. The van der Waals surface area contributed by atoms with E-state index in [1.54, 1.807) is 0 Å². The molecule has 1 unspecified atom stereocenters. The van der Waals surface area contributed by atoms with Crippen molar-refractivity contribution in [3.63, 3.8) is 0 Å². The van der Waals surface area contributed by atoms with Crippen LogP contribution in [0.15, 0.2) is 182 Å². The standard InChI is InChI=1S/C76H118O6/c1-4-7-10-13-16-19-22-24-26-28-30-32-33-34-35-36-37-38-39-40-41-42-43-45-46-48-50-52-54-57-60-63-66-69-75(78)81-72-73(71-80-74(77)68-65-62-59-56-21-18-15-12-9-6-3)82-76(79)70-67-64-61-58-55-53-51-49-47-44-31-29-27-25-23-20-17-14-11-8-5-2/h7-8,10-12,15-17,19-20,24-27,30-32,34-35,37-38,40-41,43-45,48,50,54,57,73H,4-6,9,13-14,18,21-23,28-29,33,36,39,42,46-47,49,51-53,55-56,58-72H2,1-3H3/b10-7-,11-8-,15-12-,19-16-,20-17-,26-24-,27-25-,32-30-,35-34-,38-37-,41-40-,44-31-,45-43-,50-48-,57-54-. The molecule has 0 aromatic rings. The van der Waals surface area contributed by atoms with Crippen LogP contribution in [-0.4, -0.2) is 37.2 Å². The number of ether oxygens (including phenoxy) is 3. The minimum atomic E-state index is -0.814. The van der Waals surface area contributed by atoms with Crippen LogP contribution in [0.5, 0.6) is 0 Å². The Morgan fingerprint density at radius 2 is 0.476 bits per heavy atom. The van der Waals surface area contributed by atoms with Crippen molar-refractivity contribution in [2.45, 2.75) is 264 Å². The van der Waals surface area contributed by atoms with Crippen LogP contribution in [0.2, 0.25) is 0 Å². The first kappa shape index (κ1) is 76.5. The van der Waals surface area contributed by atoms with E-state index in [9.17, 15) is 14.4 Å². The lowest BCUT2D eigenvalue weighted by Crippen LogP contribution is -2.30. The maximum atomic E-state index is 12.9. The van der Waals surface area contributed by atoms with E-state index >= 15 is 0 Å². The monoisotopic (exact) mass is 1130 g/mol. The second-order valence-electron chi connectivity index (χ2n) is 20.9. The fourth-order valence-corrected chi connectivity index (χ4v) is 8.29. The van der Waals surface area contributed by atoms with Crippen LogP contribution < -0.4 is 0 Å². The third-order valence-electron chi connectivity index (χ3n) is 13.1. The molecule has 0 aliphatic heterocycles. The minimum absolute atomic E-state index is 0.108. The summed E-state index contributed by atoms with van der Waals surface area (Å²) in [5.41, 5.74) is 0. The highest BCUT2D eigenvalue weighted by Crippen LogP contribution is 2.14. The number of esters is 3. The van der Waals surface area contributed by atoms with E-state index in [0.717, 1.165) is 167 Å². The summed E-state index contributed by atoms with van der Waals surface area (Å²) in [5.74, 6) is -0.979. The Bertz CT molecular complexity index is 1920. The molecule has 0 aromatic heterocycles. The highest BCUT2D eigenvalue weighted by atomic mass is 16.6. The van der Waals surface area contributed by atoms with Crippen molar-refractivity contribution in [2.24, 2.45) is 0 Å². The first-order chi connectivity index (χ1) is 40.5. The molecule has 0 aliphatic rings. The topological polar surface area (TPSA) is 78.9 Å². The fraction of sp³-hybridized carbons (Fsp3) is 0.566. The van der Waals surface area contributed by atoms with Gasteiger partial charge in [-0.3, -0.25) is 14.4 Å². The van der Waals surface area contributed by atoms with Gasteiger partial charge in [0.1, 0.15) is 13.2 Å². The summed E-state index contributed by atoms with van der Waals surface area (Å²) >= 11 is 0. The average molecular weight is 1130 g/mol. The molecule has 6 nitrogen and oxygen atoms in total. The quantitative estimate of drug-likeness (QED) is 0.0261. The van der Waals surface area contributed by atoms with E-state index in [1.165, 1.54) is 44.9 Å². The molecule has 0 N–H and O–H groups in total. The molecule has 0 bridgehead atoms. The van der Waals surface area contributed by atoms with Crippen molar-refractivity contribution in [1.82, 2.24) is 0 Å². The van der Waals surface area contributed by atoms with E-state index in [1.807, 2.05) is 0 Å². The number of rotatable bonds is 57. The summed E-state index contributed by atoms with van der Waals surface area (Å²) in [4.78, 5) is 38.2. The molecule has 0 amide bonds. The molecule has 0 aliphatic carbocycles. The normalized spacial score (nSPS) is 13.4. The summed E-state index contributed by atoms with van der Waals surface area (Å²) in [7, 11) is 0. The molecule has 458 valence electrons. The molecule has 6 heteroatoms. The Labute approximate surface area is 504 Å². The molecule has 0 heterocycles. The molecule has 0 rings (SSSR count). The van der Waals surface area contributed by atoms with E-state index in [4.69, 9.17) is 14.2 Å². The second-order valence-corrected chi connectivity index (χ2v) is 20.9. The summed E-state index contributed by atoms with van der Waals surface area (Å²) < 4.78 is 16.8. The van der Waals surface area contributed by atoms with Gasteiger partial charge in [-0.25, -0.2) is 0 Å². The van der Waals surface area contributed by atoms with Gasteiger partial charge in [0.15, 0.2) is 6.10 Å². The van der Waals surface area contributed by atoms with Gasteiger partial charge < -0.3 is 14.2 Å². The van der Waals surface area contributed by atoms with Crippen LogP contribution in [0, 0.1) is 0 Å². The maximum Gasteiger partial charge on any atom is 0.306 e. The molecule has 0 radical (unpaired) electrons. The van der Waals surface area contributed by atoms with Crippen LogP contribution in [-0.2, 0) is 28.6 Å². The molecular formula is C76H118O6. The smallest absolute Gasteiger partial charge is 0.306 e. The van der Waals surface area contributed by atoms with Crippen molar-refractivity contribution >= 4 is 17.9 Å². The van der Waals surface area contributed by atoms with Crippen LogP contribution in [0.1, 0.15) is 258 Å². The molecule has 82 heavy (non-hydrogen) atoms. The van der Waals surface area contributed by atoms with Gasteiger partial charge in [-0.05, 0) is 154 Å². The maximum absolute atomic E-state index is 12.9. The van der Waals surface area contributed by atoms with Crippen molar-refractivity contribution in [3.8, 4) is 0 Å². The van der Waals surface area contributed by atoms with Gasteiger partial charge in [0.05, 0.1) is 0 Å². The minimum Gasteiger partial charge on any atom is -0.462 e. The number of unbranched alkanes of at least 4 members (excludes halogenated alkanes) is 16. The van der Waals surface area contributed by atoms with Gasteiger partial charge in [-0.15, -0.1) is 0 Å². The molecule has 0 fully saturated rings. The third-order valence-corrected chi connectivity index (χ3v) is 13.1. The predicted molar refractivity (Wildman–Crippen MR) is 357 cm³/mol. The van der Waals surface area contributed by atoms with Gasteiger partial charge in [-0.1, -0.05) is 267 Å². The first-order valence-corrected chi connectivity index (χ1v) is 32.8. The molecule has 0 aromatic carbocycles. The van der Waals surface area contributed by atoms with Crippen LogP contribution in [0.4, 0.5) is 0 Å². The van der Waals surface area contributed by atoms with Crippen LogP contribution >= 0.6 is 0 Å². The Morgan fingerprint density at radius 3 is 0.780 bits per heavy atom. The Balaban J connectivity index is 4.37. The zero-order valence-electron chi connectivity index (χ0n) is 52.4. The van der Waals surface area contributed by atoms with Crippen molar-refractivity contribution in [3.05, 3.63) is 182 Å². The number of hydrogen-bond donors (Lipinski definition) is 0. The van der Waals surface area contributed by atoms with Gasteiger partial charge in [0, 0.05) is 19.3 Å². The predicted octanol–water partition coefficient (Wildman–Crippen LogP) is 22.8. The van der Waals surface area contributed by atoms with Gasteiger partial charge in [0.2, 0.25) is 0 Å². The Kier molecular flexibility index (Phi) is 63.5. The van der Waals surface area contributed by atoms with Crippen LogP contribution in [0.25, 0.3) is 0 Å². The summed E-state index contributed by atoms with van der Waals surface area (Å²) in [5, 5.41) is 0. The summed E-state index contributed by atoms with van der Waals surface area (Å²) in [6.45, 7) is 6.29. The number of carbonyl (C=O) groups excluding carboxylic acids is 3. The van der Waals surface area contributed by atoms with Crippen molar-refractivity contribution < 1.29 is 28.6 Å². The molecule has 0 saturated heterocycles. The number of hydrogen-bond acceptors (Lipinski definition) is 6. The van der Waals surface area contributed by atoms with Gasteiger partial charge in [-0.2, -0.15) is 0 Å². The van der Waals surface area contributed by atoms with Gasteiger partial charge >= 0.3 is 17.9 Å².